The van der Waals surface area contributed by atoms with Crippen LogP contribution in [0.3, 0.4) is 0 Å². The molecule has 1 N–H and O–H groups in total. The summed E-state index contributed by atoms with van der Waals surface area (Å²) in [7, 11) is 0. The van der Waals surface area contributed by atoms with Crippen LogP contribution in [-0.4, -0.2) is 35.5 Å². The van der Waals surface area contributed by atoms with Crippen molar-refractivity contribution in [1.82, 2.24) is 9.88 Å². The fourth-order valence-corrected chi connectivity index (χ4v) is 2.69. The number of hydrogen-bond acceptors (Lipinski definition) is 3. The Morgan fingerprint density at radius 3 is 2.76 bits per heavy atom. The molecule has 3 rings (SSSR count). The van der Waals surface area contributed by atoms with E-state index in [0.29, 0.717) is 11.1 Å². The third kappa shape index (κ3) is 2.91. The molecule has 5 heteroatoms. The highest BCUT2D eigenvalue weighted by Gasteiger charge is 2.17. The van der Waals surface area contributed by atoms with Crippen molar-refractivity contribution >= 4 is 16.7 Å². The highest BCUT2D eigenvalue weighted by Crippen LogP contribution is 2.22. The summed E-state index contributed by atoms with van der Waals surface area (Å²) in [4.78, 5) is 28.3. The second kappa shape index (κ2) is 5.99. The Balaban J connectivity index is 1.75. The topological polar surface area (TPSA) is 62.4 Å². The van der Waals surface area contributed by atoms with Gasteiger partial charge in [-0.25, -0.2) is 0 Å². The number of hydrogen-bond donors (Lipinski definition) is 1. The van der Waals surface area contributed by atoms with Crippen molar-refractivity contribution in [3.63, 3.8) is 0 Å². The maximum Gasteiger partial charge on any atom is 0.260 e. The number of nitrogens with one attached hydrogen (secondary N) is 1. The molecule has 1 fully saturated rings. The molecule has 0 atom stereocenters. The smallest absolute Gasteiger partial charge is 0.260 e. The van der Waals surface area contributed by atoms with Crippen LogP contribution in [0.4, 0.5) is 0 Å². The van der Waals surface area contributed by atoms with Gasteiger partial charge in [-0.05, 0) is 37.5 Å². The summed E-state index contributed by atoms with van der Waals surface area (Å²) < 4.78 is 5.65. The van der Waals surface area contributed by atoms with Crippen molar-refractivity contribution in [1.29, 1.82) is 0 Å². The normalized spacial score (nSPS) is 15.1. The number of aromatic nitrogens is 1. The maximum absolute atomic E-state index is 12.1. The standard InChI is InChI=1S/C16H18N2O3/c19-15(18-9-2-1-3-10-18)11-21-14-6-4-5-13-12(14)7-8-17-16(13)20/h4-8H,1-3,9-11H2,(H,17,20). The van der Waals surface area contributed by atoms with E-state index in [-0.39, 0.29) is 18.1 Å². The molecule has 21 heavy (non-hydrogen) atoms. The van der Waals surface area contributed by atoms with Gasteiger partial charge in [-0.3, -0.25) is 9.59 Å². The zero-order valence-corrected chi connectivity index (χ0v) is 11.8. The average Bonchev–Trinajstić information content (AvgIpc) is 2.54. The van der Waals surface area contributed by atoms with Gasteiger partial charge in [0.1, 0.15) is 5.75 Å². The number of piperidine rings is 1. The van der Waals surface area contributed by atoms with Crippen LogP contribution in [0.25, 0.3) is 10.8 Å². The van der Waals surface area contributed by atoms with Crippen molar-refractivity contribution in [2.75, 3.05) is 19.7 Å². The first-order chi connectivity index (χ1) is 10.3. The van der Waals surface area contributed by atoms with Gasteiger partial charge in [0.2, 0.25) is 0 Å². The lowest BCUT2D eigenvalue weighted by Crippen LogP contribution is -2.38. The fraction of sp³-hybridized carbons (Fsp3) is 0.375. The van der Waals surface area contributed by atoms with Crippen molar-refractivity contribution in [2.24, 2.45) is 0 Å². The Labute approximate surface area is 122 Å². The molecule has 2 heterocycles. The zero-order chi connectivity index (χ0) is 14.7. The predicted octanol–water partition coefficient (Wildman–Crippen LogP) is 1.92. The van der Waals surface area contributed by atoms with E-state index in [1.54, 1.807) is 30.5 Å². The largest absolute Gasteiger partial charge is 0.483 e. The van der Waals surface area contributed by atoms with Crippen molar-refractivity contribution < 1.29 is 9.53 Å². The van der Waals surface area contributed by atoms with Crippen LogP contribution < -0.4 is 10.3 Å². The van der Waals surface area contributed by atoms with Gasteiger partial charge in [-0.2, -0.15) is 0 Å². The van der Waals surface area contributed by atoms with E-state index in [4.69, 9.17) is 4.74 Å². The molecule has 1 aromatic heterocycles. The zero-order valence-electron chi connectivity index (χ0n) is 11.8. The first-order valence-electron chi connectivity index (χ1n) is 7.27. The van der Waals surface area contributed by atoms with E-state index in [1.165, 1.54) is 6.42 Å². The fourth-order valence-electron chi connectivity index (χ4n) is 2.69. The van der Waals surface area contributed by atoms with Crippen LogP contribution in [-0.2, 0) is 4.79 Å². The number of nitrogens with zero attached hydrogens (tertiary/aromatic N) is 1. The lowest BCUT2D eigenvalue weighted by Gasteiger charge is -2.26. The van der Waals surface area contributed by atoms with E-state index < -0.39 is 0 Å². The number of carbonyl (C=O) groups is 1. The Kier molecular flexibility index (Phi) is 3.90. The monoisotopic (exact) mass is 286 g/mol. The minimum atomic E-state index is -0.152. The number of ether oxygens (including phenoxy) is 1. The molecule has 5 nitrogen and oxygen atoms in total. The van der Waals surface area contributed by atoms with Crippen LogP contribution in [0, 0.1) is 0 Å². The second-order valence-corrected chi connectivity index (χ2v) is 5.25. The number of likely N-dealkylation sites (tertiary alicyclic amines) is 1. The van der Waals surface area contributed by atoms with E-state index in [9.17, 15) is 9.59 Å². The summed E-state index contributed by atoms with van der Waals surface area (Å²) >= 11 is 0. The molecule has 0 saturated carbocycles. The molecule has 1 aliphatic rings. The van der Waals surface area contributed by atoms with Gasteiger partial charge in [0.15, 0.2) is 6.61 Å². The van der Waals surface area contributed by atoms with Gasteiger partial charge in [0, 0.05) is 24.7 Å². The Bertz CT molecular complexity index is 702. The van der Waals surface area contributed by atoms with Gasteiger partial charge in [0.25, 0.3) is 11.5 Å². The Morgan fingerprint density at radius 1 is 1.14 bits per heavy atom. The summed E-state index contributed by atoms with van der Waals surface area (Å²) in [5.41, 5.74) is -0.152. The molecule has 1 amide bonds. The van der Waals surface area contributed by atoms with Gasteiger partial charge in [-0.1, -0.05) is 6.07 Å². The summed E-state index contributed by atoms with van der Waals surface area (Å²) in [6.07, 6.45) is 4.91. The van der Waals surface area contributed by atoms with Crippen LogP contribution in [0.2, 0.25) is 0 Å². The highest BCUT2D eigenvalue weighted by molar-refractivity contribution is 5.87. The number of pyridine rings is 1. The molecule has 0 aliphatic carbocycles. The summed E-state index contributed by atoms with van der Waals surface area (Å²) in [6.45, 7) is 1.65. The van der Waals surface area contributed by atoms with Crippen molar-refractivity contribution in [3.05, 3.63) is 40.8 Å². The summed E-state index contributed by atoms with van der Waals surface area (Å²) in [5.74, 6) is 0.584. The predicted molar refractivity (Wildman–Crippen MR) is 80.5 cm³/mol. The number of fused-ring (bicyclic) bond motifs is 1. The van der Waals surface area contributed by atoms with Gasteiger partial charge >= 0.3 is 0 Å². The summed E-state index contributed by atoms with van der Waals surface area (Å²) in [5, 5.41) is 1.30. The van der Waals surface area contributed by atoms with Crippen molar-refractivity contribution in [3.8, 4) is 5.75 Å². The third-order valence-corrected chi connectivity index (χ3v) is 3.84. The number of rotatable bonds is 3. The molecule has 1 saturated heterocycles. The molecule has 110 valence electrons. The molecule has 1 aliphatic heterocycles. The Morgan fingerprint density at radius 2 is 1.95 bits per heavy atom. The molecular formula is C16H18N2O3. The first kappa shape index (κ1) is 13.7. The van der Waals surface area contributed by atoms with Crippen molar-refractivity contribution in [2.45, 2.75) is 19.3 Å². The van der Waals surface area contributed by atoms with E-state index in [2.05, 4.69) is 4.98 Å². The number of carbonyl (C=O) groups excluding carboxylic acids is 1. The lowest BCUT2D eigenvalue weighted by atomic mass is 10.1. The Hall–Kier alpha value is -2.30. The lowest BCUT2D eigenvalue weighted by molar-refractivity contribution is -0.134. The van der Waals surface area contributed by atoms with E-state index in [1.807, 2.05) is 4.90 Å². The van der Waals surface area contributed by atoms with Crippen LogP contribution >= 0.6 is 0 Å². The van der Waals surface area contributed by atoms with Gasteiger partial charge in [0.05, 0.1) is 5.39 Å². The maximum atomic E-state index is 12.1. The minimum absolute atomic E-state index is 0.0107. The highest BCUT2D eigenvalue weighted by atomic mass is 16.5. The molecule has 0 spiro atoms. The van der Waals surface area contributed by atoms with Gasteiger partial charge in [-0.15, -0.1) is 0 Å². The molecule has 0 bridgehead atoms. The molecule has 0 radical (unpaired) electrons. The van der Waals surface area contributed by atoms with E-state index in [0.717, 1.165) is 31.3 Å². The molecule has 0 unspecified atom stereocenters. The van der Waals surface area contributed by atoms with Crippen LogP contribution in [0.15, 0.2) is 35.3 Å². The van der Waals surface area contributed by atoms with Gasteiger partial charge < -0.3 is 14.6 Å². The third-order valence-electron chi connectivity index (χ3n) is 3.84. The quantitative estimate of drug-likeness (QED) is 0.937. The summed E-state index contributed by atoms with van der Waals surface area (Å²) in [6, 6.07) is 7.08. The second-order valence-electron chi connectivity index (χ2n) is 5.25. The molecule has 1 aromatic carbocycles. The van der Waals surface area contributed by atoms with Crippen LogP contribution in [0.1, 0.15) is 19.3 Å². The number of amides is 1. The first-order valence-corrected chi connectivity index (χ1v) is 7.27. The number of benzene rings is 1. The molecule has 2 aromatic rings. The van der Waals surface area contributed by atoms with E-state index >= 15 is 0 Å². The van der Waals surface area contributed by atoms with Crippen LogP contribution in [0.5, 0.6) is 5.75 Å². The number of aromatic amines is 1. The average molecular weight is 286 g/mol. The molecular weight excluding hydrogens is 268 g/mol. The minimum Gasteiger partial charge on any atom is -0.483 e. The SMILES string of the molecule is O=C(COc1cccc2c(=O)[nH]ccc12)N1CCCCC1. The number of H-pyrrole nitrogens is 1.